The largest absolute Gasteiger partial charge is 0.415 e. The first-order chi connectivity index (χ1) is 12.3. The van der Waals surface area contributed by atoms with Crippen molar-refractivity contribution in [2.75, 3.05) is 13.7 Å². The van der Waals surface area contributed by atoms with Gasteiger partial charge in [-0.1, -0.05) is 5.16 Å². The molecule has 0 aliphatic rings. The summed E-state index contributed by atoms with van der Waals surface area (Å²) in [5, 5.41) is 4.03. The van der Waals surface area contributed by atoms with E-state index in [-0.39, 0.29) is 18.3 Å². The lowest BCUT2D eigenvalue weighted by Crippen LogP contribution is -2.55. The van der Waals surface area contributed by atoms with Crippen molar-refractivity contribution in [3.63, 3.8) is 0 Å². The second-order valence-electron chi connectivity index (χ2n) is 11.0. The maximum atomic E-state index is 6.64. The molecule has 3 atom stereocenters. The zero-order chi connectivity index (χ0) is 22.4. The van der Waals surface area contributed by atoms with Gasteiger partial charge in [-0.2, -0.15) is 0 Å². The van der Waals surface area contributed by atoms with Gasteiger partial charge >= 0.3 is 0 Å². The Balaban J connectivity index is 6.01. The summed E-state index contributed by atoms with van der Waals surface area (Å²) in [6.07, 6.45) is 0.873. The van der Waals surface area contributed by atoms with Crippen LogP contribution in [0, 0.1) is 0 Å². The summed E-state index contributed by atoms with van der Waals surface area (Å²) in [6, 6.07) is 0. The van der Waals surface area contributed by atoms with Gasteiger partial charge in [-0.25, -0.2) is 0 Å². The number of hydrogen-bond donors (Lipinski definition) is 0. The van der Waals surface area contributed by atoms with E-state index in [1.54, 1.807) is 13.3 Å². The molecule has 6 nitrogen and oxygen atoms in total. The molecular weight excluding hydrogens is 423 g/mol. The Hall–Kier alpha value is 0.178. The summed E-state index contributed by atoms with van der Waals surface area (Å²) in [6.45, 7) is 26.7. The van der Waals surface area contributed by atoms with E-state index in [1.807, 2.05) is 0 Å². The topological polar surface area (TPSA) is 58.5 Å². The molecular formula is C18H45NO5Si4. The van der Waals surface area contributed by atoms with Crippen molar-refractivity contribution < 1.29 is 22.5 Å². The highest BCUT2D eigenvalue weighted by Gasteiger charge is 2.40. The van der Waals surface area contributed by atoms with E-state index < -0.39 is 33.3 Å². The Morgan fingerprint density at radius 1 is 0.679 bits per heavy atom. The van der Waals surface area contributed by atoms with Crippen LogP contribution in [0.4, 0.5) is 0 Å². The summed E-state index contributed by atoms with van der Waals surface area (Å²) in [7, 11) is -5.75. The maximum absolute atomic E-state index is 6.64. The van der Waals surface area contributed by atoms with E-state index in [9.17, 15) is 0 Å². The Bertz CT molecular complexity index is 478. The fourth-order valence-corrected chi connectivity index (χ4v) is 6.34. The third-order valence-corrected chi connectivity index (χ3v) is 7.17. The summed E-state index contributed by atoms with van der Waals surface area (Å²) in [5.41, 5.74) is 0. The molecule has 0 rings (SSSR count). The monoisotopic (exact) mass is 467 g/mol. The first-order valence-electron chi connectivity index (χ1n) is 10.1. The molecule has 28 heavy (non-hydrogen) atoms. The number of nitrogens with zero attached hydrogens (tertiary/aromatic N) is 1. The van der Waals surface area contributed by atoms with Crippen molar-refractivity contribution >= 4 is 39.5 Å². The van der Waals surface area contributed by atoms with Gasteiger partial charge in [0.15, 0.2) is 33.3 Å². The Kier molecular flexibility index (Phi) is 11.1. The predicted molar refractivity (Wildman–Crippen MR) is 129 cm³/mol. The molecule has 0 bridgehead atoms. The molecule has 0 aromatic rings. The van der Waals surface area contributed by atoms with Crippen molar-refractivity contribution in [1.29, 1.82) is 0 Å². The number of hydrogen-bond acceptors (Lipinski definition) is 6. The van der Waals surface area contributed by atoms with Gasteiger partial charge in [0.25, 0.3) is 0 Å². The van der Waals surface area contributed by atoms with Crippen molar-refractivity contribution in [3.8, 4) is 0 Å². The number of rotatable bonds is 13. The summed E-state index contributed by atoms with van der Waals surface area (Å²) < 4.78 is 26.0. The SMILES string of the molecule is CO/N=C/[C@@H](O[Si](C)(C)C)[C@@H](O[Si](C)(C)C)[C@H](CO[Si](C)(C)C)O[Si](C)(C)C. The van der Waals surface area contributed by atoms with Crippen LogP contribution in [-0.4, -0.2) is 71.5 Å². The Morgan fingerprint density at radius 3 is 1.50 bits per heavy atom. The highest BCUT2D eigenvalue weighted by molar-refractivity contribution is 6.71. The van der Waals surface area contributed by atoms with Gasteiger partial charge in [-0.05, 0) is 78.6 Å². The van der Waals surface area contributed by atoms with Gasteiger partial charge in [0.05, 0.1) is 18.9 Å². The summed E-state index contributed by atoms with van der Waals surface area (Å²) in [4.78, 5) is 4.97. The quantitative estimate of drug-likeness (QED) is 0.213. The van der Waals surface area contributed by atoms with Crippen molar-refractivity contribution in [3.05, 3.63) is 0 Å². The van der Waals surface area contributed by atoms with Gasteiger partial charge in [0.2, 0.25) is 0 Å². The van der Waals surface area contributed by atoms with E-state index in [1.165, 1.54) is 0 Å². The van der Waals surface area contributed by atoms with Crippen LogP contribution in [-0.2, 0) is 22.5 Å². The minimum absolute atomic E-state index is 0.213. The van der Waals surface area contributed by atoms with Crippen LogP contribution < -0.4 is 0 Å². The van der Waals surface area contributed by atoms with Crippen LogP contribution >= 0.6 is 0 Å². The summed E-state index contributed by atoms with van der Waals surface area (Å²) >= 11 is 0. The number of oxime groups is 1. The molecule has 0 spiro atoms. The molecule has 168 valence electrons. The molecule has 0 aliphatic heterocycles. The van der Waals surface area contributed by atoms with E-state index in [0.717, 1.165) is 0 Å². The van der Waals surface area contributed by atoms with E-state index >= 15 is 0 Å². The molecule has 0 aromatic carbocycles. The van der Waals surface area contributed by atoms with Crippen molar-refractivity contribution in [2.45, 2.75) is 96.9 Å². The third-order valence-electron chi connectivity index (χ3n) is 3.17. The second kappa shape index (κ2) is 11.0. The zero-order valence-corrected chi connectivity index (χ0v) is 24.5. The fourth-order valence-electron chi connectivity index (χ4n) is 2.46. The fraction of sp³-hybridized carbons (Fsp3) is 0.944. The Labute approximate surface area is 177 Å². The van der Waals surface area contributed by atoms with Gasteiger partial charge in [0, 0.05) is 0 Å². The first kappa shape index (κ1) is 28.2. The van der Waals surface area contributed by atoms with E-state index in [4.69, 9.17) is 22.5 Å². The van der Waals surface area contributed by atoms with Crippen molar-refractivity contribution in [2.24, 2.45) is 5.16 Å². The molecule has 0 heterocycles. The van der Waals surface area contributed by atoms with E-state index in [0.29, 0.717) is 6.61 Å². The maximum Gasteiger partial charge on any atom is 0.184 e. The average molecular weight is 468 g/mol. The third kappa shape index (κ3) is 15.1. The lowest BCUT2D eigenvalue weighted by Gasteiger charge is -2.41. The zero-order valence-electron chi connectivity index (χ0n) is 20.5. The lowest BCUT2D eigenvalue weighted by atomic mass is 10.1. The smallest absolute Gasteiger partial charge is 0.184 e. The highest BCUT2D eigenvalue weighted by atomic mass is 28.4. The molecule has 0 N–H and O–H groups in total. The standard InChI is InChI=1S/C18H45NO5Si4/c1-20-19-14-16(22-26(5,6)7)18(24-28(11,12)13)17(23-27(8,9)10)15-21-25(2,3)4/h14,16-18H,15H2,1-13H3/b19-14+/t16-,17+,18-/m1/s1. The summed E-state index contributed by atoms with van der Waals surface area (Å²) in [5.74, 6) is 0. The molecule has 0 fully saturated rings. The molecule has 0 saturated heterocycles. The average Bonchev–Trinajstić information content (AvgIpc) is 2.41. The second-order valence-corrected chi connectivity index (χ2v) is 28.9. The van der Waals surface area contributed by atoms with Gasteiger partial charge in [-0.15, -0.1) is 0 Å². The molecule has 0 aromatic heterocycles. The lowest BCUT2D eigenvalue weighted by molar-refractivity contribution is -0.0281. The van der Waals surface area contributed by atoms with Crippen LogP contribution in [0.3, 0.4) is 0 Å². The minimum atomic E-state index is -1.89. The van der Waals surface area contributed by atoms with Crippen LogP contribution in [0.15, 0.2) is 5.16 Å². The predicted octanol–water partition coefficient (Wildman–Crippen LogP) is 5.13. The molecule has 0 saturated carbocycles. The van der Waals surface area contributed by atoms with Gasteiger partial charge in [-0.3, -0.25) is 0 Å². The molecule has 0 amide bonds. The Morgan fingerprint density at radius 2 is 1.14 bits per heavy atom. The first-order valence-corrected chi connectivity index (χ1v) is 23.7. The van der Waals surface area contributed by atoms with Crippen LogP contribution in [0.2, 0.25) is 78.6 Å². The van der Waals surface area contributed by atoms with Crippen LogP contribution in [0.5, 0.6) is 0 Å². The van der Waals surface area contributed by atoms with Crippen LogP contribution in [0.25, 0.3) is 0 Å². The van der Waals surface area contributed by atoms with Crippen molar-refractivity contribution in [1.82, 2.24) is 0 Å². The molecule has 10 heteroatoms. The van der Waals surface area contributed by atoms with Gasteiger partial charge < -0.3 is 22.5 Å². The van der Waals surface area contributed by atoms with Gasteiger partial charge in [0.1, 0.15) is 19.3 Å². The molecule has 0 unspecified atom stereocenters. The normalized spacial score (nSPS) is 17.6. The molecule has 0 radical (unpaired) electrons. The van der Waals surface area contributed by atoms with Crippen LogP contribution in [0.1, 0.15) is 0 Å². The molecule has 0 aliphatic carbocycles. The van der Waals surface area contributed by atoms with E-state index in [2.05, 4.69) is 83.7 Å². The minimum Gasteiger partial charge on any atom is -0.415 e. The highest BCUT2D eigenvalue weighted by Crippen LogP contribution is 2.24.